The highest BCUT2D eigenvalue weighted by Gasteiger charge is 2.06. The molecular formula is C27H29NOS. The van der Waals surface area contributed by atoms with Crippen LogP contribution in [-0.4, -0.2) is 11.8 Å². The van der Waals surface area contributed by atoms with E-state index in [1.165, 1.54) is 41.5 Å². The summed E-state index contributed by atoms with van der Waals surface area (Å²) in [5.41, 5.74) is 5.97. The molecule has 154 valence electrons. The van der Waals surface area contributed by atoms with E-state index in [9.17, 15) is 0 Å². The number of aryl methyl sites for hydroxylation is 2. The third-order valence-corrected chi connectivity index (χ3v) is 5.33. The minimum atomic E-state index is 0.807. The van der Waals surface area contributed by atoms with E-state index in [1.54, 1.807) is 0 Å². The fourth-order valence-electron chi connectivity index (χ4n) is 3.54. The summed E-state index contributed by atoms with van der Waals surface area (Å²) in [5, 5.41) is 2.42. The molecule has 3 heteroatoms. The quantitative estimate of drug-likeness (QED) is 0.181. The van der Waals surface area contributed by atoms with Gasteiger partial charge < -0.3 is 4.74 Å². The Labute approximate surface area is 185 Å². The second-order valence-electron chi connectivity index (χ2n) is 7.46. The van der Waals surface area contributed by atoms with Crippen LogP contribution in [0.2, 0.25) is 0 Å². The van der Waals surface area contributed by atoms with E-state index >= 15 is 0 Å². The molecule has 0 amide bonds. The van der Waals surface area contributed by atoms with Gasteiger partial charge in [0.05, 0.1) is 17.5 Å². The normalized spacial score (nSPS) is 10.4. The van der Waals surface area contributed by atoms with Crippen LogP contribution >= 0.6 is 12.2 Å². The Bertz CT molecular complexity index is 957. The lowest BCUT2D eigenvalue weighted by Gasteiger charge is -2.11. The summed E-state index contributed by atoms with van der Waals surface area (Å²) < 4.78 is 5.86. The van der Waals surface area contributed by atoms with E-state index in [-0.39, 0.29) is 0 Å². The molecule has 0 bridgehead atoms. The summed E-state index contributed by atoms with van der Waals surface area (Å²) in [6, 6.07) is 25.3. The van der Waals surface area contributed by atoms with Gasteiger partial charge in [-0.3, -0.25) is 0 Å². The molecule has 0 aliphatic heterocycles. The van der Waals surface area contributed by atoms with Crippen molar-refractivity contribution in [2.45, 2.75) is 45.4 Å². The first-order valence-corrected chi connectivity index (χ1v) is 11.2. The number of unbranched alkanes of at least 4 members (excludes halogenated alkanes) is 3. The molecule has 0 saturated carbocycles. The van der Waals surface area contributed by atoms with Crippen LogP contribution in [0.25, 0.3) is 11.1 Å². The first-order chi connectivity index (χ1) is 14.8. The highest BCUT2D eigenvalue weighted by molar-refractivity contribution is 7.78. The highest BCUT2D eigenvalue weighted by Crippen LogP contribution is 2.27. The molecular weight excluding hydrogens is 386 g/mol. The number of isothiocyanates is 1. The van der Waals surface area contributed by atoms with Crippen LogP contribution in [0.4, 0.5) is 5.69 Å². The van der Waals surface area contributed by atoms with Crippen molar-refractivity contribution in [1.82, 2.24) is 0 Å². The molecule has 0 atom stereocenters. The Hall–Kier alpha value is -2.74. The number of hydrogen-bond acceptors (Lipinski definition) is 3. The molecule has 0 fully saturated rings. The molecule has 0 aliphatic carbocycles. The molecule has 0 aliphatic rings. The molecule has 0 radical (unpaired) electrons. The predicted molar refractivity (Wildman–Crippen MR) is 130 cm³/mol. The molecule has 0 N–H and O–H groups in total. The number of benzene rings is 3. The summed E-state index contributed by atoms with van der Waals surface area (Å²) >= 11 is 4.68. The van der Waals surface area contributed by atoms with Crippen molar-refractivity contribution in [2.75, 3.05) is 6.61 Å². The lowest BCUT2D eigenvalue weighted by molar-refractivity contribution is 0.305. The maximum atomic E-state index is 5.86. The summed E-state index contributed by atoms with van der Waals surface area (Å²) in [6.07, 6.45) is 6.91. The van der Waals surface area contributed by atoms with Gasteiger partial charge in [0, 0.05) is 0 Å². The van der Waals surface area contributed by atoms with Crippen LogP contribution in [0.15, 0.2) is 77.8 Å². The number of aliphatic imine (C=N–C) groups is 1. The predicted octanol–water partition coefficient (Wildman–Crippen LogP) is 7.83. The maximum Gasteiger partial charge on any atom is 0.119 e. The van der Waals surface area contributed by atoms with E-state index in [0.717, 1.165) is 37.3 Å². The minimum absolute atomic E-state index is 0.807. The SMILES string of the molecule is CCCCCCOc1ccc(CCc2ccccc2-c2ccc(N=C=S)cc2)cc1. The van der Waals surface area contributed by atoms with Crippen LogP contribution < -0.4 is 4.74 Å². The van der Waals surface area contributed by atoms with E-state index in [1.807, 2.05) is 12.1 Å². The maximum absolute atomic E-state index is 5.86. The average molecular weight is 416 g/mol. The van der Waals surface area contributed by atoms with Gasteiger partial charge in [0.15, 0.2) is 0 Å². The van der Waals surface area contributed by atoms with Gasteiger partial charge in [-0.25, -0.2) is 0 Å². The second kappa shape index (κ2) is 12.1. The van der Waals surface area contributed by atoms with Crippen molar-refractivity contribution >= 4 is 23.1 Å². The van der Waals surface area contributed by atoms with Crippen molar-refractivity contribution in [1.29, 1.82) is 0 Å². The van der Waals surface area contributed by atoms with Crippen molar-refractivity contribution in [3.05, 3.63) is 83.9 Å². The molecule has 3 aromatic carbocycles. The molecule has 0 aromatic heterocycles. The van der Waals surface area contributed by atoms with E-state index in [2.05, 4.69) is 90.0 Å². The third-order valence-electron chi connectivity index (χ3n) is 5.24. The van der Waals surface area contributed by atoms with Crippen LogP contribution in [0.3, 0.4) is 0 Å². The fraction of sp³-hybridized carbons (Fsp3) is 0.296. The number of hydrogen-bond donors (Lipinski definition) is 0. The zero-order valence-corrected chi connectivity index (χ0v) is 18.5. The summed E-state index contributed by atoms with van der Waals surface area (Å²) in [7, 11) is 0. The number of rotatable bonds is 11. The summed E-state index contributed by atoms with van der Waals surface area (Å²) in [5.74, 6) is 0.967. The fourth-order valence-corrected chi connectivity index (χ4v) is 3.64. The van der Waals surface area contributed by atoms with Crippen molar-refractivity contribution in [2.24, 2.45) is 4.99 Å². The topological polar surface area (TPSA) is 21.6 Å². The Balaban J connectivity index is 1.59. The van der Waals surface area contributed by atoms with Crippen molar-refractivity contribution < 1.29 is 4.74 Å². The average Bonchev–Trinajstić information content (AvgIpc) is 2.79. The summed E-state index contributed by atoms with van der Waals surface area (Å²) in [4.78, 5) is 4.03. The third kappa shape index (κ3) is 6.66. The van der Waals surface area contributed by atoms with Gasteiger partial charge >= 0.3 is 0 Å². The van der Waals surface area contributed by atoms with Crippen LogP contribution in [0.1, 0.15) is 43.7 Å². The largest absolute Gasteiger partial charge is 0.494 e. The van der Waals surface area contributed by atoms with Gasteiger partial charge in [-0.05, 0) is 78.0 Å². The lowest BCUT2D eigenvalue weighted by atomic mass is 9.95. The Morgan fingerprint density at radius 3 is 2.33 bits per heavy atom. The standard InChI is InChI=1S/C27H29NOS/c1-2-3-4-7-20-29-26-18-11-22(12-19-26)10-13-23-8-5-6-9-27(23)24-14-16-25(17-15-24)28-21-30/h5-6,8-9,11-12,14-19H,2-4,7,10,13,20H2,1H3. The van der Waals surface area contributed by atoms with Gasteiger partial charge in [0.2, 0.25) is 0 Å². The Morgan fingerprint density at radius 1 is 0.833 bits per heavy atom. The highest BCUT2D eigenvalue weighted by atomic mass is 32.1. The molecule has 0 unspecified atom stereocenters. The molecule has 0 spiro atoms. The second-order valence-corrected chi connectivity index (χ2v) is 7.64. The van der Waals surface area contributed by atoms with Gasteiger partial charge in [-0.1, -0.05) is 74.7 Å². The Morgan fingerprint density at radius 2 is 1.60 bits per heavy atom. The molecule has 3 aromatic rings. The molecule has 3 rings (SSSR count). The summed E-state index contributed by atoms with van der Waals surface area (Å²) in [6.45, 7) is 3.03. The van der Waals surface area contributed by atoms with Gasteiger partial charge in [0.25, 0.3) is 0 Å². The molecule has 0 heterocycles. The van der Waals surface area contributed by atoms with E-state index in [4.69, 9.17) is 4.74 Å². The number of thiocarbonyl (C=S) groups is 1. The van der Waals surface area contributed by atoms with Crippen molar-refractivity contribution in [3.8, 4) is 16.9 Å². The van der Waals surface area contributed by atoms with Gasteiger partial charge in [0.1, 0.15) is 5.75 Å². The monoisotopic (exact) mass is 415 g/mol. The van der Waals surface area contributed by atoms with E-state index < -0.39 is 0 Å². The zero-order chi connectivity index (χ0) is 21.0. The molecule has 0 saturated heterocycles. The van der Waals surface area contributed by atoms with E-state index in [0.29, 0.717) is 0 Å². The van der Waals surface area contributed by atoms with Gasteiger partial charge in [-0.15, -0.1) is 0 Å². The minimum Gasteiger partial charge on any atom is -0.494 e. The van der Waals surface area contributed by atoms with Crippen LogP contribution in [-0.2, 0) is 12.8 Å². The smallest absolute Gasteiger partial charge is 0.119 e. The number of nitrogens with zero attached hydrogens (tertiary/aromatic N) is 1. The molecule has 30 heavy (non-hydrogen) atoms. The Kier molecular flexibility index (Phi) is 8.83. The van der Waals surface area contributed by atoms with Crippen LogP contribution in [0.5, 0.6) is 5.75 Å². The zero-order valence-electron chi connectivity index (χ0n) is 17.6. The van der Waals surface area contributed by atoms with Crippen LogP contribution in [0, 0.1) is 0 Å². The molecule has 2 nitrogen and oxygen atoms in total. The number of ether oxygens (including phenoxy) is 1. The van der Waals surface area contributed by atoms with Gasteiger partial charge in [-0.2, -0.15) is 4.99 Å². The first kappa shape index (κ1) is 22.0. The first-order valence-electron chi connectivity index (χ1n) is 10.8. The van der Waals surface area contributed by atoms with Crippen molar-refractivity contribution in [3.63, 3.8) is 0 Å². The lowest BCUT2D eigenvalue weighted by Crippen LogP contribution is -1.98.